The van der Waals surface area contributed by atoms with Gasteiger partial charge in [-0.3, -0.25) is 14.6 Å². The summed E-state index contributed by atoms with van der Waals surface area (Å²) in [7, 11) is -4.64. The Morgan fingerprint density at radius 1 is 1.64 bits per heavy atom. The number of hydrogen-bond donors (Lipinski definition) is 2. The summed E-state index contributed by atoms with van der Waals surface area (Å²) in [5.74, 6) is -1.33. The molecule has 0 aliphatic heterocycles. The number of rotatable bonds is 3. The van der Waals surface area contributed by atoms with E-state index in [2.05, 4.69) is 4.52 Å². The molecule has 0 saturated carbocycles. The number of hydrogen-bond acceptors (Lipinski definition) is 3. The largest absolute Gasteiger partial charge is 0.526 e. The van der Waals surface area contributed by atoms with Gasteiger partial charge in [-0.2, -0.15) is 0 Å². The number of phosphoric ester groups is 1. The van der Waals surface area contributed by atoms with Crippen LogP contribution in [0, 0.1) is 5.92 Å². The Hall–Kier alpha value is -0.380. The van der Waals surface area contributed by atoms with E-state index >= 15 is 0 Å². The zero-order chi connectivity index (χ0) is 9.07. The number of carbonyl (C=O) groups excluding carboxylic acids is 1. The predicted molar refractivity (Wildman–Crippen MR) is 37.6 cm³/mol. The molecule has 1 unspecified atom stereocenters. The number of carbonyl (C=O) groups is 1. The van der Waals surface area contributed by atoms with Crippen molar-refractivity contribution in [2.75, 3.05) is 0 Å². The van der Waals surface area contributed by atoms with Crippen molar-refractivity contribution in [2.24, 2.45) is 5.92 Å². The second-order valence-corrected chi connectivity index (χ2v) is 3.37. The molecular formula is C5H11O5P. The monoisotopic (exact) mass is 182 g/mol. The van der Waals surface area contributed by atoms with E-state index in [4.69, 9.17) is 9.79 Å². The molecule has 6 heteroatoms. The van der Waals surface area contributed by atoms with Gasteiger partial charge in [0.2, 0.25) is 0 Å². The maximum atomic E-state index is 10.7. The second-order valence-electron chi connectivity index (χ2n) is 2.21. The Morgan fingerprint density at radius 2 is 2.09 bits per heavy atom. The quantitative estimate of drug-likeness (QED) is 0.626. The van der Waals surface area contributed by atoms with Gasteiger partial charge in [-0.1, -0.05) is 13.8 Å². The van der Waals surface area contributed by atoms with Crippen molar-refractivity contribution >= 4 is 13.8 Å². The topological polar surface area (TPSA) is 83.8 Å². The van der Waals surface area contributed by atoms with Crippen molar-refractivity contribution in [3.63, 3.8) is 0 Å². The van der Waals surface area contributed by atoms with Gasteiger partial charge in [0.15, 0.2) is 0 Å². The van der Waals surface area contributed by atoms with Crippen molar-refractivity contribution in [2.45, 2.75) is 20.3 Å². The van der Waals surface area contributed by atoms with Crippen LogP contribution in [-0.2, 0) is 13.9 Å². The first kappa shape index (κ1) is 10.6. The minimum absolute atomic E-state index is 0.470. The maximum Gasteiger partial charge on any atom is 0.526 e. The highest BCUT2D eigenvalue weighted by Gasteiger charge is 2.23. The van der Waals surface area contributed by atoms with Crippen LogP contribution < -0.4 is 0 Å². The molecule has 11 heavy (non-hydrogen) atoms. The summed E-state index contributed by atoms with van der Waals surface area (Å²) in [5, 5.41) is 0. The van der Waals surface area contributed by atoms with Crippen LogP contribution in [0.3, 0.4) is 0 Å². The summed E-state index contributed by atoms with van der Waals surface area (Å²) in [5.41, 5.74) is 0. The van der Waals surface area contributed by atoms with Crippen LogP contribution in [0.4, 0.5) is 0 Å². The lowest BCUT2D eigenvalue weighted by Crippen LogP contribution is -2.12. The third kappa shape index (κ3) is 4.95. The van der Waals surface area contributed by atoms with Crippen molar-refractivity contribution in [3.05, 3.63) is 0 Å². The summed E-state index contributed by atoms with van der Waals surface area (Å²) >= 11 is 0. The smallest absolute Gasteiger partial charge is 0.370 e. The first-order chi connectivity index (χ1) is 4.87. The molecule has 0 aromatic carbocycles. The summed E-state index contributed by atoms with van der Waals surface area (Å²) in [6.45, 7) is 3.27. The molecule has 0 spiro atoms. The van der Waals surface area contributed by atoms with Crippen LogP contribution in [0.2, 0.25) is 0 Å². The fraction of sp³-hybridized carbons (Fsp3) is 0.800. The van der Waals surface area contributed by atoms with Crippen molar-refractivity contribution in [3.8, 4) is 0 Å². The molecule has 0 bridgehead atoms. The van der Waals surface area contributed by atoms with E-state index in [-0.39, 0.29) is 0 Å². The fourth-order valence-corrected chi connectivity index (χ4v) is 0.788. The summed E-state index contributed by atoms with van der Waals surface area (Å²) in [6, 6.07) is 0. The molecule has 0 aliphatic carbocycles. The molecule has 0 saturated heterocycles. The fourth-order valence-electron chi connectivity index (χ4n) is 0.374. The van der Waals surface area contributed by atoms with Gasteiger partial charge < -0.3 is 4.52 Å². The van der Waals surface area contributed by atoms with Gasteiger partial charge in [0, 0.05) is 0 Å². The third-order valence-corrected chi connectivity index (χ3v) is 1.64. The standard InChI is InChI=1S/C5H11O5P/c1-3-4(2)5(6)10-11(7,8)9/h4H,3H2,1-2H3,(H2,7,8,9). The molecule has 0 radical (unpaired) electrons. The van der Waals surface area contributed by atoms with E-state index in [0.717, 1.165) is 0 Å². The Kier molecular flexibility index (Phi) is 3.72. The molecule has 2 N–H and O–H groups in total. The van der Waals surface area contributed by atoms with Gasteiger partial charge >= 0.3 is 13.8 Å². The molecule has 5 nitrogen and oxygen atoms in total. The highest BCUT2D eigenvalue weighted by Crippen LogP contribution is 2.36. The minimum Gasteiger partial charge on any atom is -0.370 e. The molecular weight excluding hydrogens is 171 g/mol. The summed E-state index contributed by atoms with van der Waals surface area (Å²) in [4.78, 5) is 27.1. The SMILES string of the molecule is CCC(C)C(=O)OP(=O)(O)O. The maximum absolute atomic E-state index is 10.7. The Labute approximate surface area is 64.6 Å². The van der Waals surface area contributed by atoms with Gasteiger partial charge in [0.05, 0.1) is 5.92 Å². The van der Waals surface area contributed by atoms with Gasteiger partial charge in [-0.25, -0.2) is 4.57 Å². The summed E-state index contributed by atoms with van der Waals surface area (Å²) in [6.07, 6.45) is 0.499. The lowest BCUT2D eigenvalue weighted by atomic mass is 10.1. The van der Waals surface area contributed by atoms with Crippen LogP contribution in [-0.4, -0.2) is 15.8 Å². The lowest BCUT2D eigenvalue weighted by molar-refractivity contribution is -0.139. The third-order valence-electron chi connectivity index (χ3n) is 1.22. The Morgan fingerprint density at radius 3 is 2.36 bits per heavy atom. The molecule has 66 valence electrons. The Balaban J connectivity index is 3.99. The van der Waals surface area contributed by atoms with Crippen LogP contribution in [0.15, 0.2) is 0 Å². The van der Waals surface area contributed by atoms with Crippen molar-refractivity contribution in [1.82, 2.24) is 0 Å². The molecule has 0 aromatic heterocycles. The van der Waals surface area contributed by atoms with Crippen LogP contribution >= 0.6 is 7.82 Å². The first-order valence-electron chi connectivity index (χ1n) is 3.15. The van der Waals surface area contributed by atoms with Crippen molar-refractivity contribution in [1.29, 1.82) is 0 Å². The van der Waals surface area contributed by atoms with Crippen LogP contribution in [0.1, 0.15) is 20.3 Å². The predicted octanol–water partition coefficient (Wildman–Crippen LogP) is 0.668. The van der Waals surface area contributed by atoms with Crippen LogP contribution in [0.5, 0.6) is 0 Å². The van der Waals surface area contributed by atoms with E-state index < -0.39 is 19.7 Å². The summed E-state index contributed by atoms with van der Waals surface area (Å²) < 4.78 is 13.9. The molecule has 0 heterocycles. The van der Waals surface area contributed by atoms with Gasteiger partial charge in [-0.15, -0.1) is 0 Å². The van der Waals surface area contributed by atoms with E-state index in [0.29, 0.717) is 6.42 Å². The molecule has 0 amide bonds. The van der Waals surface area contributed by atoms with E-state index in [1.807, 2.05) is 0 Å². The van der Waals surface area contributed by atoms with Gasteiger partial charge in [0.25, 0.3) is 0 Å². The average Bonchev–Trinajstić information content (AvgIpc) is 1.82. The molecule has 0 fully saturated rings. The lowest BCUT2D eigenvalue weighted by Gasteiger charge is -2.08. The molecule has 0 rings (SSSR count). The Bertz CT molecular complexity index is 183. The highest BCUT2D eigenvalue weighted by molar-refractivity contribution is 7.46. The van der Waals surface area contributed by atoms with E-state index in [1.165, 1.54) is 6.92 Å². The zero-order valence-corrected chi connectivity index (χ0v) is 7.25. The first-order valence-corrected chi connectivity index (χ1v) is 4.69. The van der Waals surface area contributed by atoms with E-state index in [9.17, 15) is 9.36 Å². The normalized spacial score (nSPS) is 14.2. The van der Waals surface area contributed by atoms with Crippen molar-refractivity contribution < 1.29 is 23.7 Å². The zero-order valence-electron chi connectivity index (χ0n) is 6.35. The minimum atomic E-state index is -4.64. The highest BCUT2D eigenvalue weighted by atomic mass is 31.2. The van der Waals surface area contributed by atoms with Gasteiger partial charge in [-0.05, 0) is 6.42 Å². The van der Waals surface area contributed by atoms with Gasteiger partial charge in [0.1, 0.15) is 0 Å². The molecule has 1 atom stereocenters. The van der Waals surface area contributed by atoms with E-state index in [1.54, 1.807) is 6.92 Å². The molecule has 0 aliphatic rings. The van der Waals surface area contributed by atoms with Crippen LogP contribution in [0.25, 0.3) is 0 Å². The average molecular weight is 182 g/mol. The second kappa shape index (κ2) is 3.85. The number of phosphoric acid groups is 1. The molecule has 0 aromatic rings.